The van der Waals surface area contributed by atoms with E-state index in [0.29, 0.717) is 25.0 Å². The summed E-state index contributed by atoms with van der Waals surface area (Å²) < 4.78 is 4.95. The quantitative estimate of drug-likeness (QED) is 0.800. The molecule has 0 saturated carbocycles. The fourth-order valence-electron chi connectivity index (χ4n) is 1.74. The molecule has 7 heteroatoms. The highest BCUT2D eigenvalue weighted by atomic mass is 35.5. The first-order chi connectivity index (χ1) is 8.29. The van der Waals surface area contributed by atoms with Gasteiger partial charge < -0.3 is 15.0 Å². The lowest BCUT2D eigenvalue weighted by Gasteiger charge is -2.15. The van der Waals surface area contributed by atoms with Gasteiger partial charge in [0.2, 0.25) is 17.2 Å². The van der Waals surface area contributed by atoms with Crippen LogP contribution in [0.3, 0.4) is 0 Å². The number of ether oxygens (including phenoxy) is 1. The number of nitrogens with zero attached hydrogens (tertiary/aromatic N) is 4. The molecule has 0 unspecified atom stereocenters. The van der Waals surface area contributed by atoms with Crippen LogP contribution in [0.15, 0.2) is 0 Å². The number of nitrogens with one attached hydrogen (secondary N) is 1. The molecule has 1 N–H and O–H groups in total. The molecule has 2 rings (SSSR count). The molecule has 0 spiro atoms. The molecule has 1 fully saturated rings. The topological polar surface area (TPSA) is 63.2 Å². The standard InChI is InChI=1S/C10H16ClN5O/c1-17-7-4-12-9-13-8(11)14-10(15-9)16-5-2-3-6-16/h2-7H2,1H3,(H,12,13,14,15). The zero-order valence-corrected chi connectivity index (χ0v) is 10.6. The SMILES string of the molecule is COCCNc1nc(Cl)nc(N2CCCC2)n1. The second-order valence-corrected chi connectivity index (χ2v) is 4.18. The molecule has 94 valence electrons. The van der Waals surface area contributed by atoms with Gasteiger partial charge in [0.25, 0.3) is 0 Å². The molecular formula is C10H16ClN5O. The number of rotatable bonds is 5. The maximum Gasteiger partial charge on any atom is 0.231 e. The minimum Gasteiger partial charge on any atom is -0.383 e. The van der Waals surface area contributed by atoms with Crippen LogP contribution in [0.4, 0.5) is 11.9 Å². The van der Waals surface area contributed by atoms with Crippen LogP contribution in [0.25, 0.3) is 0 Å². The summed E-state index contributed by atoms with van der Waals surface area (Å²) in [5.41, 5.74) is 0. The average Bonchev–Trinajstić information content (AvgIpc) is 2.82. The molecule has 0 radical (unpaired) electrons. The highest BCUT2D eigenvalue weighted by Gasteiger charge is 2.16. The molecule has 6 nitrogen and oxygen atoms in total. The Bertz CT molecular complexity index is 370. The van der Waals surface area contributed by atoms with Crippen molar-refractivity contribution in [3.05, 3.63) is 5.28 Å². The van der Waals surface area contributed by atoms with Crippen LogP contribution in [0.5, 0.6) is 0 Å². The van der Waals surface area contributed by atoms with Crippen LogP contribution in [0.2, 0.25) is 5.28 Å². The van der Waals surface area contributed by atoms with Gasteiger partial charge in [0.15, 0.2) is 0 Å². The lowest BCUT2D eigenvalue weighted by atomic mass is 10.4. The number of aromatic nitrogens is 3. The number of hydrogen-bond donors (Lipinski definition) is 1. The van der Waals surface area contributed by atoms with Crippen molar-refractivity contribution >= 4 is 23.5 Å². The summed E-state index contributed by atoms with van der Waals surface area (Å²) in [7, 11) is 1.65. The second-order valence-electron chi connectivity index (χ2n) is 3.84. The Balaban J connectivity index is 2.05. The second kappa shape index (κ2) is 5.97. The van der Waals surface area contributed by atoms with Gasteiger partial charge in [-0.1, -0.05) is 0 Å². The Kier molecular flexibility index (Phi) is 4.33. The number of anilines is 2. The summed E-state index contributed by atoms with van der Waals surface area (Å²) in [6, 6.07) is 0. The average molecular weight is 258 g/mol. The zero-order valence-electron chi connectivity index (χ0n) is 9.82. The largest absolute Gasteiger partial charge is 0.383 e. The molecule has 0 amide bonds. The summed E-state index contributed by atoms with van der Waals surface area (Å²) in [5.74, 6) is 1.16. The summed E-state index contributed by atoms with van der Waals surface area (Å²) in [5, 5.41) is 3.28. The van der Waals surface area contributed by atoms with E-state index in [9.17, 15) is 0 Å². The summed E-state index contributed by atoms with van der Waals surface area (Å²) in [6.07, 6.45) is 2.35. The highest BCUT2D eigenvalue weighted by Crippen LogP contribution is 2.18. The first-order valence-electron chi connectivity index (χ1n) is 5.69. The minimum absolute atomic E-state index is 0.224. The lowest BCUT2D eigenvalue weighted by Crippen LogP contribution is -2.22. The van der Waals surface area contributed by atoms with Crippen molar-refractivity contribution < 1.29 is 4.74 Å². The smallest absolute Gasteiger partial charge is 0.231 e. The normalized spacial score (nSPS) is 15.3. The molecule has 0 aromatic carbocycles. The molecule has 17 heavy (non-hydrogen) atoms. The van der Waals surface area contributed by atoms with Gasteiger partial charge in [0, 0.05) is 26.7 Å². The first-order valence-corrected chi connectivity index (χ1v) is 6.07. The molecule has 2 heterocycles. The van der Waals surface area contributed by atoms with E-state index in [1.165, 1.54) is 12.8 Å². The highest BCUT2D eigenvalue weighted by molar-refractivity contribution is 6.28. The molecule has 0 aliphatic carbocycles. The van der Waals surface area contributed by atoms with Crippen LogP contribution < -0.4 is 10.2 Å². The third kappa shape index (κ3) is 3.41. The number of hydrogen-bond acceptors (Lipinski definition) is 6. The van der Waals surface area contributed by atoms with E-state index in [0.717, 1.165) is 13.1 Å². The van der Waals surface area contributed by atoms with E-state index in [1.54, 1.807) is 7.11 Å². The first kappa shape index (κ1) is 12.3. The molecule has 0 bridgehead atoms. The van der Waals surface area contributed by atoms with Gasteiger partial charge in [-0.25, -0.2) is 0 Å². The van der Waals surface area contributed by atoms with Crippen LogP contribution in [-0.4, -0.2) is 48.3 Å². The molecule has 1 aliphatic rings. The predicted octanol–water partition coefficient (Wildman–Crippen LogP) is 1.18. The van der Waals surface area contributed by atoms with Gasteiger partial charge in [-0.15, -0.1) is 0 Å². The van der Waals surface area contributed by atoms with Crippen molar-refractivity contribution in [3.8, 4) is 0 Å². The zero-order chi connectivity index (χ0) is 12.1. The molecule has 1 saturated heterocycles. The van der Waals surface area contributed by atoms with Crippen LogP contribution in [-0.2, 0) is 4.74 Å². The van der Waals surface area contributed by atoms with Gasteiger partial charge in [0.05, 0.1) is 6.61 Å². The van der Waals surface area contributed by atoms with Crippen molar-refractivity contribution in [1.82, 2.24) is 15.0 Å². The predicted molar refractivity (Wildman–Crippen MR) is 66.6 cm³/mol. The minimum atomic E-state index is 0.224. The molecule has 1 aromatic rings. The van der Waals surface area contributed by atoms with Gasteiger partial charge in [-0.2, -0.15) is 15.0 Å². The third-order valence-electron chi connectivity index (χ3n) is 2.57. The Morgan fingerprint density at radius 2 is 2.06 bits per heavy atom. The Hall–Kier alpha value is -1.14. The van der Waals surface area contributed by atoms with Gasteiger partial charge in [-0.3, -0.25) is 0 Å². The van der Waals surface area contributed by atoms with E-state index < -0.39 is 0 Å². The van der Waals surface area contributed by atoms with Gasteiger partial charge in [0.1, 0.15) is 0 Å². The molecule has 0 atom stereocenters. The monoisotopic (exact) mass is 257 g/mol. The van der Waals surface area contributed by atoms with Crippen LogP contribution in [0.1, 0.15) is 12.8 Å². The van der Waals surface area contributed by atoms with Crippen molar-refractivity contribution in [2.45, 2.75) is 12.8 Å². The van der Waals surface area contributed by atoms with Crippen LogP contribution in [0, 0.1) is 0 Å². The fourth-order valence-corrected chi connectivity index (χ4v) is 1.90. The van der Waals surface area contributed by atoms with Crippen molar-refractivity contribution in [2.75, 3.05) is 43.6 Å². The van der Waals surface area contributed by atoms with E-state index >= 15 is 0 Å². The van der Waals surface area contributed by atoms with E-state index in [1.807, 2.05) is 0 Å². The van der Waals surface area contributed by atoms with Crippen molar-refractivity contribution in [1.29, 1.82) is 0 Å². The fraction of sp³-hybridized carbons (Fsp3) is 0.700. The van der Waals surface area contributed by atoms with Crippen molar-refractivity contribution in [3.63, 3.8) is 0 Å². The van der Waals surface area contributed by atoms with Crippen molar-refractivity contribution in [2.24, 2.45) is 0 Å². The molecule has 1 aliphatic heterocycles. The lowest BCUT2D eigenvalue weighted by molar-refractivity contribution is 0.210. The number of methoxy groups -OCH3 is 1. The Morgan fingerprint density at radius 3 is 2.76 bits per heavy atom. The maximum absolute atomic E-state index is 5.88. The summed E-state index contributed by atoms with van der Waals surface area (Å²) in [4.78, 5) is 14.6. The van der Waals surface area contributed by atoms with Gasteiger partial charge >= 0.3 is 0 Å². The number of halogens is 1. The van der Waals surface area contributed by atoms with E-state index in [4.69, 9.17) is 16.3 Å². The van der Waals surface area contributed by atoms with E-state index in [2.05, 4.69) is 25.2 Å². The maximum atomic E-state index is 5.88. The Labute approximate surface area is 105 Å². The summed E-state index contributed by atoms with van der Waals surface area (Å²) >= 11 is 5.88. The summed E-state index contributed by atoms with van der Waals surface area (Å²) in [6.45, 7) is 3.22. The molecule has 1 aromatic heterocycles. The molecular weight excluding hydrogens is 242 g/mol. The van der Waals surface area contributed by atoms with Gasteiger partial charge in [-0.05, 0) is 24.4 Å². The van der Waals surface area contributed by atoms with Crippen LogP contribution >= 0.6 is 11.6 Å². The third-order valence-corrected chi connectivity index (χ3v) is 2.74. The van der Waals surface area contributed by atoms with E-state index in [-0.39, 0.29) is 5.28 Å². The Morgan fingerprint density at radius 1 is 1.29 bits per heavy atom.